The maximum Gasteiger partial charge on any atom is 0.131 e. The van der Waals surface area contributed by atoms with Crippen molar-refractivity contribution in [3.63, 3.8) is 0 Å². The minimum atomic E-state index is -1.32. The predicted molar refractivity (Wildman–Crippen MR) is 93.8 cm³/mol. The Hall–Kier alpha value is -2.41. The van der Waals surface area contributed by atoms with Crippen molar-refractivity contribution >= 4 is 22.0 Å². The van der Waals surface area contributed by atoms with Crippen LogP contribution in [0, 0.1) is 13.8 Å². The van der Waals surface area contributed by atoms with E-state index in [1.54, 1.807) is 30.7 Å². The molecule has 7 heteroatoms. The van der Waals surface area contributed by atoms with Gasteiger partial charge in [0, 0.05) is 23.4 Å². The first kappa shape index (κ1) is 16.4. The van der Waals surface area contributed by atoms with Crippen LogP contribution in [0.4, 0.5) is 0 Å². The molecule has 2 aromatic heterocycles. The average Bonchev–Trinajstić information content (AvgIpc) is 3.01. The van der Waals surface area contributed by atoms with Crippen LogP contribution in [-0.4, -0.2) is 32.4 Å². The zero-order chi connectivity index (χ0) is 17.3. The van der Waals surface area contributed by atoms with Crippen molar-refractivity contribution in [2.45, 2.75) is 19.6 Å². The topological polar surface area (TPSA) is 66.2 Å². The summed E-state index contributed by atoms with van der Waals surface area (Å²) in [7, 11) is 1.92. The maximum absolute atomic E-state index is 12.8. The number of aryl methyl sites for hydroxylation is 1. The Kier molecular flexibility index (Phi) is 4.53. The van der Waals surface area contributed by atoms with E-state index in [-0.39, 0.29) is 0 Å². The zero-order valence-electron chi connectivity index (χ0n) is 14.1. The Balaban J connectivity index is 1.93. The lowest BCUT2D eigenvalue weighted by Gasteiger charge is -2.12. The van der Waals surface area contributed by atoms with Crippen LogP contribution in [-0.2, 0) is 16.7 Å². The summed E-state index contributed by atoms with van der Waals surface area (Å²) in [5.41, 5.74) is 4.17. The molecule has 0 spiro atoms. The van der Waals surface area contributed by atoms with E-state index in [4.69, 9.17) is 9.47 Å². The molecule has 0 fully saturated rings. The number of fused-ring (bicyclic) bond motifs is 1. The summed E-state index contributed by atoms with van der Waals surface area (Å²) >= 11 is 0. The van der Waals surface area contributed by atoms with Gasteiger partial charge >= 0.3 is 0 Å². The van der Waals surface area contributed by atoms with E-state index in [1.165, 1.54) is 0 Å². The highest BCUT2D eigenvalue weighted by molar-refractivity contribution is 7.82. The van der Waals surface area contributed by atoms with Gasteiger partial charge in [-0.15, -0.1) is 0 Å². The number of methoxy groups -OCH3 is 2. The third kappa shape index (κ3) is 2.87. The largest absolute Gasteiger partial charge is 0.497 e. The van der Waals surface area contributed by atoms with E-state index < -0.39 is 11.0 Å². The first-order valence-corrected chi connectivity index (χ1v) is 8.71. The molecule has 0 aliphatic heterocycles. The minimum Gasteiger partial charge on any atom is -0.497 e. The number of imidazole rings is 1. The summed E-state index contributed by atoms with van der Waals surface area (Å²) in [4.78, 5) is 8.72. The lowest BCUT2D eigenvalue weighted by Crippen LogP contribution is -2.09. The molecule has 0 aliphatic rings. The monoisotopic (exact) mass is 345 g/mol. The number of hydrogen-bond donors (Lipinski definition) is 0. The van der Waals surface area contributed by atoms with Gasteiger partial charge < -0.3 is 9.47 Å². The molecule has 126 valence electrons. The van der Waals surface area contributed by atoms with Gasteiger partial charge in [-0.3, -0.25) is 4.98 Å². The fourth-order valence-electron chi connectivity index (χ4n) is 2.66. The molecule has 24 heavy (non-hydrogen) atoms. The van der Waals surface area contributed by atoms with Crippen molar-refractivity contribution < 1.29 is 13.7 Å². The molecule has 0 bridgehead atoms. The second-order valence-corrected chi connectivity index (χ2v) is 6.76. The van der Waals surface area contributed by atoms with Gasteiger partial charge in [0.25, 0.3) is 0 Å². The van der Waals surface area contributed by atoms with Gasteiger partial charge in [0.1, 0.15) is 28.8 Å². The first-order valence-electron chi connectivity index (χ1n) is 7.44. The Morgan fingerprint density at radius 3 is 2.67 bits per heavy atom. The van der Waals surface area contributed by atoms with Crippen LogP contribution < -0.4 is 9.47 Å². The minimum absolute atomic E-state index is 0.292. The van der Waals surface area contributed by atoms with Crippen LogP contribution >= 0.6 is 0 Å². The molecule has 0 N–H and O–H groups in total. The van der Waals surface area contributed by atoms with Gasteiger partial charge in [0.05, 0.1) is 36.7 Å². The fraction of sp³-hybridized carbons (Fsp3) is 0.294. The lowest BCUT2D eigenvalue weighted by atomic mass is 10.1. The molecular weight excluding hydrogens is 326 g/mol. The van der Waals surface area contributed by atoms with E-state index in [9.17, 15) is 4.21 Å². The van der Waals surface area contributed by atoms with Crippen LogP contribution in [0.3, 0.4) is 0 Å². The quantitative estimate of drug-likeness (QED) is 0.711. The van der Waals surface area contributed by atoms with Gasteiger partial charge in [0.2, 0.25) is 0 Å². The number of nitrogens with zero attached hydrogens (tertiary/aromatic N) is 3. The molecule has 1 aromatic carbocycles. The summed E-state index contributed by atoms with van der Waals surface area (Å²) in [6.07, 6.45) is 3.33. The molecule has 0 saturated carbocycles. The van der Waals surface area contributed by atoms with Crippen molar-refractivity contribution in [3.05, 3.63) is 47.5 Å². The summed E-state index contributed by atoms with van der Waals surface area (Å²) in [5, 5.41) is 0. The number of rotatable bonds is 5. The van der Waals surface area contributed by atoms with Crippen molar-refractivity contribution in [1.82, 2.24) is 13.9 Å². The molecule has 0 radical (unpaired) electrons. The Labute approximate surface area is 143 Å². The molecule has 1 unspecified atom stereocenters. The van der Waals surface area contributed by atoms with Crippen LogP contribution in [0.25, 0.3) is 11.0 Å². The fourth-order valence-corrected chi connectivity index (χ4v) is 3.85. The number of benzene rings is 1. The zero-order valence-corrected chi connectivity index (χ0v) is 14.9. The maximum atomic E-state index is 12.8. The van der Waals surface area contributed by atoms with Gasteiger partial charge in [-0.05, 0) is 26.0 Å². The molecular formula is C17H19N3O3S. The van der Waals surface area contributed by atoms with Gasteiger partial charge in [-0.1, -0.05) is 0 Å². The highest BCUT2D eigenvalue weighted by Gasteiger charge is 2.15. The standard InChI is InChI=1S/C17H19N3O3S/c1-11-8-18-15(12(2)17(11)23-4)9-24(21)20-10-19-14-7-13(22-3)5-6-16(14)20/h5-8,10H,9H2,1-4H3. The van der Waals surface area contributed by atoms with Crippen LogP contribution in [0.1, 0.15) is 16.8 Å². The van der Waals surface area contributed by atoms with Crippen molar-refractivity contribution in [3.8, 4) is 11.5 Å². The summed E-state index contributed by atoms with van der Waals surface area (Å²) in [5.74, 6) is 1.80. The second-order valence-electron chi connectivity index (χ2n) is 5.44. The van der Waals surface area contributed by atoms with Crippen molar-refractivity contribution in [1.29, 1.82) is 0 Å². The molecule has 2 heterocycles. The highest BCUT2D eigenvalue weighted by Crippen LogP contribution is 2.26. The number of ether oxygens (including phenoxy) is 2. The summed E-state index contributed by atoms with van der Waals surface area (Å²) in [6, 6.07) is 5.51. The van der Waals surface area contributed by atoms with E-state index >= 15 is 0 Å². The SMILES string of the molecule is COc1ccc2c(c1)ncn2S(=O)Cc1ncc(C)c(OC)c1C. The van der Waals surface area contributed by atoms with Crippen LogP contribution in [0.5, 0.6) is 11.5 Å². The highest BCUT2D eigenvalue weighted by atomic mass is 32.2. The Morgan fingerprint density at radius 1 is 1.17 bits per heavy atom. The van der Waals surface area contributed by atoms with E-state index in [1.807, 2.05) is 32.0 Å². The molecule has 3 aromatic rings. The normalized spacial score (nSPS) is 12.3. The van der Waals surface area contributed by atoms with E-state index in [0.29, 0.717) is 5.75 Å². The first-order chi connectivity index (χ1) is 11.5. The molecule has 3 rings (SSSR count). The van der Waals surface area contributed by atoms with Gasteiger partial charge in [-0.25, -0.2) is 13.2 Å². The molecule has 0 aliphatic carbocycles. The number of pyridine rings is 1. The van der Waals surface area contributed by atoms with Crippen LogP contribution in [0.15, 0.2) is 30.7 Å². The number of aromatic nitrogens is 3. The summed E-state index contributed by atoms with van der Waals surface area (Å²) in [6.45, 7) is 3.87. The Morgan fingerprint density at radius 2 is 1.96 bits per heavy atom. The second kappa shape index (κ2) is 6.60. The third-order valence-electron chi connectivity index (χ3n) is 3.95. The van der Waals surface area contributed by atoms with Gasteiger partial charge in [-0.2, -0.15) is 0 Å². The molecule has 1 atom stereocenters. The van der Waals surface area contributed by atoms with Crippen molar-refractivity contribution in [2.24, 2.45) is 0 Å². The molecule has 0 amide bonds. The Bertz CT molecular complexity index is 921. The summed E-state index contributed by atoms with van der Waals surface area (Å²) < 4.78 is 25.1. The third-order valence-corrected chi connectivity index (χ3v) is 5.20. The van der Waals surface area contributed by atoms with Crippen LogP contribution in [0.2, 0.25) is 0 Å². The van der Waals surface area contributed by atoms with Gasteiger partial charge in [0.15, 0.2) is 0 Å². The predicted octanol–water partition coefficient (Wildman–Crippen LogP) is 2.78. The molecule has 6 nitrogen and oxygen atoms in total. The molecule has 0 saturated heterocycles. The smallest absolute Gasteiger partial charge is 0.131 e. The number of hydrogen-bond acceptors (Lipinski definition) is 5. The van der Waals surface area contributed by atoms with E-state index in [0.717, 1.165) is 39.4 Å². The lowest BCUT2D eigenvalue weighted by molar-refractivity contribution is 0.407. The van der Waals surface area contributed by atoms with E-state index in [2.05, 4.69) is 9.97 Å². The average molecular weight is 345 g/mol. The van der Waals surface area contributed by atoms with Crippen molar-refractivity contribution in [2.75, 3.05) is 14.2 Å².